The molecule has 0 atom stereocenters. The van der Waals surface area contributed by atoms with Crippen LogP contribution in [-0.2, 0) is 0 Å². The van der Waals surface area contributed by atoms with E-state index >= 15 is 0 Å². The molecule has 0 saturated carbocycles. The zero-order valence-corrected chi connectivity index (χ0v) is 15.9. The first kappa shape index (κ1) is 18.0. The maximum Gasteiger partial charge on any atom is 0.135 e. The number of anilines is 3. The fourth-order valence-electron chi connectivity index (χ4n) is 3.12. The minimum absolute atomic E-state index is 0.737. The molecular weight excluding hydrogens is 330 g/mol. The van der Waals surface area contributed by atoms with Crippen LogP contribution in [0, 0.1) is 5.92 Å². The predicted molar refractivity (Wildman–Crippen MR) is 107 cm³/mol. The summed E-state index contributed by atoms with van der Waals surface area (Å²) >= 11 is 1.85. The van der Waals surface area contributed by atoms with Crippen LogP contribution in [-0.4, -0.2) is 42.4 Å². The molecule has 0 bridgehead atoms. The molecule has 0 unspecified atom stereocenters. The highest BCUT2D eigenvalue weighted by molar-refractivity contribution is 7.99. The summed E-state index contributed by atoms with van der Waals surface area (Å²) in [4.78, 5) is 12.3. The van der Waals surface area contributed by atoms with Gasteiger partial charge in [-0.1, -0.05) is 6.92 Å². The van der Waals surface area contributed by atoms with Crippen LogP contribution in [0.1, 0.15) is 19.8 Å². The third-order valence-corrected chi connectivity index (χ3v) is 5.37. The van der Waals surface area contributed by atoms with Gasteiger partial charge in [-0.25, -0.2) is 9.97 Å². The standard InChI is InChI=1S/C19H27N5S/c1-3-25-17-6-4-16(5-7-17)23-18-12-19(22-14-21-18)24(2)13-15-8-10-20-11-9-15/h4-7,12,14-15,20H,3,8-11,13H2,1-2H3,(H,21,22,23). The molecule has 0 amide bonds. The van der Waals surface area contributed by atoms with Gasteiger partial charge in [0, 0.05) is 30.2 Å². The van der Waals surface area contributed by atoms with E-state index in [9.17, 15) is 0 Å². The molecule has 6 heteroatoms. The van der Waals surface area contributed by atoms with Gasteiger partial charge in [0.05, 0.1) is 0 Å². The second-order valence-corrected chi connectivity index (χ2v) is 7.76. The van der Waals surface area contributed by atoms with Gasteiger partial charge >= 0.3 is 0 Å². The van der Waals surface area contributed by atoms with E-state index in [1.54, 1.807) is 6.33 Å². The molecule has 134 valence electrons. The molecule has 1 aromatic heterocycles. The highest BCUT2D eigenvalue weighted by Crippen LogP contribution is 2.23. The Kier molecular flexibility index (Phi) is 6.53. The van der Waals surface area contributed by atoms with Gasteiger partial charge in [-0.15, -0.1) is 11.8 Å². The summed E-state index contributed by atoms with van der Waals surface area (Å²) in [6.07, 6.45) is 4.11. The Hall–Kier alpha value is -1.79. The van der Waals surface area contributed by atoms with E-state index in [0.717, 1.165) is 48.6 Å². The van der Waals surface area contributed by atoms with Gasteiger partial charge in [0.25, 0.3) is 0 Å². The Morgan fingerprint density at radius 1 is 1.20 bits per heavy atom. The molecule has 5 nitrogen and oxygen atoms in total. The van der Waals surface area contributed by atoms with Crippen molar-refractivity contribution in [3.8, 4) is 0 Å². The molecule has 2 heterocycles. The Morgan fingerprint density at radius 3 is 2.68 bits per heavy atom. The van der Waals surface area contributed by atoms with Gasteiger partial charge in [0.2, 0.25) is 0 Å². The fourth-order valence-corrected chi connectivity index (χ4v) is 3.78. The van der Waals surface area contributed by atoms with E-state index in [1.165, 1.54) is 17.7 Å². The highest BCUT2D eigenvalue weighted by Gasteiger charge is 2.16. The van der Waals surface area contributed by atoms with E-state index in [0.29, 0.717) is 0 Å². The summed E-state index contributed by atoms with van der Waals surface area (Å²) in [6, 6.07) is 10.5. The number of nitrogens with one attached hydrogen (secondary N) is 2. The van der Waals surface area contributed by atoms with Crippen LogP contribution in [0.25, 0.3) is 0 Å². The zero-order chi connectivity index (χ0) is 17.5. The van der Waals surface area contributed by atoms with Gasteiger partial charge < -0.3 is 15.5 Å². The molecule has 2 N–H and O–H groups in total. The minimum Gasteiger partial charge on any atom is -0.359 e. The van der Waals surface area contributed by atoms with Gasteiger partial charge in [0.15, 0.2) is 0 Å². The summed E-state index contributed by atoms with van der Waals surface area (Å²) in [5.41, 5.74) is 1.05. The van der Waals surface area contributed by atoms with Crippen molar-refractivity contribution >= 4 is 29.1 Å². The first-order valence-corrected chi connectivity index (χ1v) is 9.97. The molecule has 0 radical (unpaired) electrons. The average Bonchev–Trinajstić information content (AvgIpc) is 2.65. The van der Waals surface area contributed by atoms with Gasteiger partial charge in [-0.3, -0.25) is 0 Å². The Labute approximate surface area is 154 Å². The second-order valence-electron chi connectivity index (χ2n) is 6.42. The number of benzene rings is 1. The molecule has 1 saturated heterocycles. The molecular formula is C19H27N5S. The molecule has 1 fully saturated rings. The molecule has 1 aliphatic rings. The molecule has 25 heavy (non-hydrogen) atoms. The summed E-state index contributed by atoms with van der Waals surface area (Å²) in [5.74, 6) is 3.62. The Bertz CT molecular complexity index is 655. The van der Waals surface area contributed by atoms with Crippen molar-refractivity contribution in [2.75, 3.05) is 42.7 Å². The number of thioether (sulfide) groups is 1. The number of hydrogen-bond donors (Lipinski definition) is 2. The van der Waals surface area contributed by atoms with Crippen LogP contribution in [0.3, 0.4) is 0 Å². The third-order valence-electron chi connectivity index (χ3n) is 4.47. The van der Waals surface area contributed by atoms with Gasteiger partial charge in [-0.2, -0.15) is 0 Å². The summed E-state index contributed by atoms with van der Waals surface area (Å²) in [7, 11) is 2.12. The largest absolute Gasteiger partial charge is 0.359 e. The normalized spacial score (nSPS) is 15.1. The molecule has 0 aliphatic carbocycles. The summed E-state index contributed by atoms with van der Waals surface area (Å²) in [5, 5.41) is 6.80. The maximum atomic E-state index is 4.44. The molecule has 0 spiro atoms. The van der Waals surface area contributed by atoms with Crippen LogP contribution < -0.4 is 15.5 Å². The summed E-state index contributed by atoms with van der Waals surface area (Å²) in [6.45, 7) is 5.46. The van der Waals surface area contributed by atoms with Crippen LogP contribution >= 0.6 is 11.8 Å². The lowest BCUT2D eigenvalue weighted by molar-refractivity contribution is 0.377. The van der Waals surface area contributed by atoms with Crippen molar-refractivity contribution in [1.29, 1.82) is 0 Å². The maximum absolute atomic E-state index is 4.44. The Balaban J connectivity index is 1.62. The van der Waals surface area contributed by atoms with E-state index in [-0.39, 0.29) is 0 Å². The van der Waals surface area contributed by atoms with Crippen molar-refractivity contribution in [1.82, 2.24) is 15.3 Å². The average molecular weight is 358 g/mol. The quantitative estimate of drug-likeness (QED) is 0.736. The van der Waals surface area contributed by atoms with E-state index in [2.05, 4.69) is 63.7 Å². The number of aromatic nitrogens is 2. The zero-order valence-electron chi connectivity index (χ0n) is 15.0. The molecule has 2 aromatic rings. The SMILES string of the molecule is CCSc1ccc(Nc2cc(N(C)CC3CCNCC3)ncn2)cc1. The van der Waals surface area contributed by atoms with Crippen LogP contribution in [0.5, 0.6) is 0 Å². The second kappa shape index (κ2) is 9.06. The van der Waals surface area contributed by atoms with Crippen molar-refractivity contribution in [3.05, 3.63) is 36.7 Å². The van der Waals surface area contributed by atoms with Crippen molar-refractivity contribution in [2.45, 2.75) is 24.7 Å². The van der Waals surface area contributed by atoms with Crippen LogP contribution in [0.15, 0.2) is 41.6 Å². The number of nitrogens with zero attached hydrogens (tertiary/aromatic N) is 3. The number of hydrogen-bond acceptors (Lipinski definition) is 6. The van der Waals surface area contributed by atoms with Crippen molar-refractivity contribution in [3.63, 3.8) is 0 Å². The molecule has 3 rings (SSSR count). The van der Waals surface area contributed by atoms with Crippen LogP contribution in [0.4, 0.5) is 17.3 Å². The van der Waals surface area contributed by atoms with Gasteiger partial charge in [0.1, 0.15) is 18.0 Å². The van der Waals surface area contributed by atoms with E-state index < -0.39 is 0 Å². The lowest BCUT2D eigenvalue weighted by atomic mass is 9.98. The lowest BCUT2D eigenvalue weighted by Gasteiger charge is -2.28. The number of rotatable bonds is 7. The minimum atomic E-state index is 0.737. The third kappa shape index (κ3) is 5.34. The topological polar surface area (TPSA) is 53.1 Å². The van der Waals surface area contributed by atoms with Crippen molar-refractivity contribution in [2.24, 2.45) is 5.92 Å². The van der Waals surface area contributed by atoms with E-state index in [4.69, 9.17) is 0 Å². The Morgan fingerprint density at radius 2 is 1.96 bits per heavy atom. The molecule has 1 aliphatic heterocycles. The fraction of sp³-hybridized carbons (Fsp3) is 0.474. The first-order chi connectivity index (χ1) is 12.2. The molecule has 1 aromatic carbocycles. The van der Waals surface area contributed by atoms with Crippen molar-refractivity contribution < 1.29 is 0 Å². The smallest absolute Gasteiger partial charge is 0.135 e. The highest BCUT2D eigenvalue weighted by atomic mass is 32.2. The summed E-state index contributed by atoms with van der Waals surface area (Å²) < 4.78 is 0. The lowest BCUT2D eigenvalue weighted by Crippen LogP contribution is -2.34. The van der Waals surface area contributed by atoms with Crippen LogP contribution in [0.2, 0.25) is 0 Å². The number of piperidine rings is 1. The first-order valence-electron chi connectivity index (χ1n) is 8.98. The van der Waals surface area contributed by atoms with Gasteiger partial charge in [-0.05, 0) is 61.9 Å². The predicted octanol–water partition coefficient (Wildman–Crippen LogP) is 3.77. The van der Waals surface area contributed by atoms with E-state index in [1.807, 2.05) is 17.8 Å². The monoisotopic (exact) mass is 357 g/mol.